The van der Waals surface area contributed by atoms with E-state index in [1.807, 2.05) is 65.2 Å². The molecule has 5 nitrogen and oxygen atoms in total. The van der Waals surface area contributed by atoms with Gasteiger partial charge in [0.15, 0.2) is 0 Å². The summed E-state index contributed by atoms with van der Waals surface area (Å²) in [5.41, 5.74) is 4.32. The van der Waals surface area contributed by atoms with Crippen LogP contribution in [0.5, 0.6) is 0 Å². The van der Waals surface area contributed by atoms with E-state index >= 15 is 0 Å². The second-order valence-corrected chi connectivity index (χ2v) is 7.33. The van der Waals surface area contributed by atoms with Gasteiger partial charge in [-0.1, -0.05) is 48.9 Å². The van der Waals surface area contributed by atoms with Crippen LogP contribution in [0.2, 0.25) is 5.02 Å². The standard InChI is InChI=1S/C23H21ClN4O/c1-2-20(16-6-4-3-5-7-16)27-23(29)17-8-11-22-21(12-17)26-15-28(22)14-19-10-9-18(24)13-25-19/h3-13,15,20H,2,14H2,1H3,(H,27,29)/t20-/m1/s1. The molecule has 0 saturated carbocycles. The Morgan fingerprint density at radius 3 is 2.66 bits per heavy atom. The molecule has 0 aliphatic heterocycles. The molecule has 0 aliphatic carbocycles. The van der Waals surface area contributed by atoms with Crippen LogP contribution in [0.4, 0.5) is 0 Å². The van der Waals surface area contributed by atoms with E-state index in [-0.39, 0.29) is 11.9 Å². The quantitative estimate of drug-likeness (QED) is 0.491. The maximum absolute atomic E-state index is 12.8. The van der Waals surface area contributed by atoms with Gasteiger partial charge in [-0.2, -0.15) is 0 Å². The maximum atomic E-state index is 12.8. The number of benzene rings is 2. The molecule has 146 valence electrons. The zero-order valence-electron chi connectivity index (χ0n) is 16.0. The molecule has 2 aromatic carbocycles. The van der Waals surface area contributed by atoms with Crippen molar-refractivity contribution >= 4 is 28.5 Å². The fraction of sp³-hybridized carbons (Fsp3) is 0.174. The fourth-order valence-electron chi connectivity index (χ4n) is 3.35. The molecule has 0 spiro atoms. The highest BCUT2D eigenvalue weighted by atomic mass is 35.5. The van der Waals surface area contributed by atoms with Crippen molar-refractivity contribution in [3.63, 3.8) is 0 Å². The average Bonchev–Trinajstić information content (AvgIpc) is 3.16. The monoisotopic (exact) mass is 404 g/mol. The molecule has 2 heterocycles. The summed E-state index contributed by atoms with van der Waals surface area (Å²) in [4.78, 5) is 21.6. The molecule has 1 N–H and O–H groups in total. The van der Waals surface area contributed by atoms with E-state index in [0.717, 1.165) is 28.7 Å². The lowest BCUT2D eigenvalue weighted by Crippen LogP contribution is -2.28. The normalized spacial score (nSPS) is 12.1. The molecule has 6 heteroatoms. The highest BCUT2D eigenvalue weighted by Gasteiger charge is 2.15. The molecule has 1 atom stereocenters. The summed E-state index contributed by atoms with van der Waals surface area (Å²) in [6.45, 7) is 2.65. The summed E-state index contributed by atoms with van der Waals surface area (Å²) in [5, 5.41) is 3.73. The van der Waals surface area contributed by atoms with Crippen LogP contribution in [0.1, 0.15) is 41.0 Å². The number of hydrogen-bond donors (Lipinski definition) is 1. The Labute approximate surface area is 174 Å². The Bertz CT molecular complexity index is 1120. The van der Waals surface area contributed by atoms with E-state index in [1.54, 1.807) is 12.5 Å². The number of fused-ring (bicyclic) bond motifs is 1. The van der Waals surface area contributed by atoms with Crippen molar-refractivity contribution in [3.05, 3.63) is 95.0 Å². The number of nitrogens with one attached hydrogen (secondary N) is 1. The van der Waals surface area contributed by atoms with Gasteiger partial charge in [0.05, 0.1) is 40.7 Å². The van der Waals surface area contributed by atoms with Crippen molar-refractivity contribution in [2.45, 2.75) is 25.9 Å². The molecular formula is C23H21ClN4O. The van der Waals surface area contributed by atoms with E-state index in [9.17, 15) is 4.79 Å². The van der Waals surface area contributed by atoms with Gasteiger partial charge in [-0.15, -0.1) is 0 Å². The Balaban J connectivity index is 1.53. The number of carbonyl (C=O) groups excluding carboxylic acids is 1. The van der Waals surface area contributed by atoms with Crippen molar-refractivity contribution < 1.29 is 4.79 Å². The number of carbonyl (C=O) groups is 1. The summed E-state index contributed by atoms with van der Waals surface area (Å²) in [6, 6.07) is 19.3. The van der Waals surface area contributed by atoms with E-state index < -0.39 is 0 Å². The average molecular weight is 405 g/mol. The molecule has 1 amide bonds. The second kappa shape index (κ2) is 8.45. The lowest BCUT2D eigenvalue weighted by molar-refractivity contribution is 0.0935. The number of nitrogens with zero attached hydrogens (tertiary/aromatic N) is 3. The van der Waals surface area contributed by atoms with Crippen LogP contribution in [0.3, 0.4) is 0 Å². The van der Waals surface area contributed by atoms with Crippen LogP contribution in [-0.4, -0.2) is 20.4 Å². The Morgan fingerprint density at radius 1 is 1.10 bits per heavy atom. The smallest absolute Gasteiger partial charge is 0.251 e. The topological polar surface area (TPSA) is 59.8 Å². The molecule has 0 saturated heterocycles. The molecule has 2 aromatic heterocycles. The summed E-state index contributed by atoms with van der Waals surface area (Å²) in [6.07, 6.45) is 4.22. The lowest BCUT2D eigenvalue weighted by atomic mass is 10.0. The van der Waals surface area contributed by atoms with E-state index in [4.69, 9.17) is 11.6 Å². The molecule has 0 bridgehead atoms. The van der Waals surface area contributed by atoms with Gasteiger partial charge in [0.25, 0.3) is 5.91 Å². The molecule has 29 heavy (non-hydrogen) atoms. The molecule has 4 rings (SSSR count). The minimum absolute atomic E-state index is 0.0204. The summed E-state index contributed by atoms with van der Waals surface area (Å²) < 4.78 is 2.01. The number of halogens is 1. The molecular weight excluding hydrogens is 384 g/mol. The van der Waals surface area contributed by atoms with Crippen LogP contribution < -0.4 is 5.32 Å². The van der Waals surface area contributed by atoms with Gasteiger partial charge in [0.2, 0.25) is 0 Å². The van der Waals surface area contributed by atoms with Gasteiger partial charge in [-0.25, -0.2) is 4.98 Å². The first-order valence-electron chi connectivity index (χ1n) is 9.55. The largest absolute Gasteiger partial charge is 0.345 e. The number of aromatic nitrogens is 3. The number of hydrogen-bond acceptors (Lipinski definition) is 3. The predicted molar refractivity (Wildman–Crippen MR) is 115 cm³/mol. The Kier molecular flexibility index (Phi) is 5.58. The minimum Gasteiger partial charge on any atom is -0.345 e. The van der Waals surface area contributed by atoms with Crippen molar-refractivity contribution in [3.8, 4) is 0 Å². The summed E-state index contributed by atoms with van der Waals surface area (Å²) in [5.74, 6) is -0.100. The van der Waals surface area contributed by atoms with Crippen LogP contribution in [0, 0.1) is 0 Å². The summed E-state index contributed by atoms with van der Waals surface area (Å²) in [7, 11) is 0. The second-order valence-electron chi connectivity index (χ2n) is 6.89. The van der Waals surface area contributed by atoms with Crippen LogP contribution in [0.15, 0.2) is 73.2 Å². The number of imidazole rings is 1. The van der Waals surface area contributed by atoms with Crippen molar-refractivity contribution in [2.24, 2.45) is 0 Å². The van der Waals surface area contributed by atoms with E-state index in [2.05, 4.69) is 22.2 Å². The lowest BCUT2D eigenvalue weighted by Gasteiger charge is -2.17. The van der Waals surface area contributed by atoms with Gasteiger partial charge >= 0.3 is 0 Å². The minimum atomic E-state index is -0.100. The zero-order chi connectivity index (χ0) is 20.2. The third-order valence-electron chi connectivity index (χ3n) is 4.92. The first-order valence-corrected chi connectivity index (χ1v) is 9.93. The molecule has 4 aromatic rings. The molecule has 0 unspecified atom stereocenters. The van der Waals surface area contributed by atoms with Crippen molar-refractivity contribution in [2.75, 3.05) is 0 Å². The first-order chi connectivity index (χ1) is 14.1. The molecule has 0 aliphatic rings. The predicted octanol–water partition coefficient (Wildman–Crippen LogP) is 5.01. The number of amides is 1. The third kappa shape index (κ3) is 4.30. The van der Waals surface area contributed by atoms with Crippen molar-refractivity contribution in [1.29, 1.82) is 0 Å². The van der Waals surface area contributed by atoms with E-state index in [1.165, 1.54) is 0 Å². The van der Waals surface area contributed by atoms with Gasteiger partial charge in [-0.05, 0) is 42.3 Å². The summed E-state index contributed by atoms with van der Waals surface area (Å²) >= 11 is 5.90. The molecule has 0 fully saturated rings. The van der Waals surface area contributed by atoms with Gasteiger partial charge < -0.3 is 9.88 Å². The number of rotatable bonds is 6. The van der Waals surface area contributed by atoms with Gasteiger partial charge in [0, 0.05) is 11.8 Å². The van der Waals surface area contributed by atoms with Crippen molar-refractivity contribution in [1.82, 2.24) is 19.9 Å². The van der Waals surface area contributed by atoms with Crippen LogP contribution in [-0.2, 0) is 6.54 Å². The van der Waals surface area contributed by atoms with E-state index in [0.29, 0.717) is 17.1 Å². The van der Waals surface area contributed by atoms with Gasteiger partial charge in [0.1, 0.15) is 0 Å². The van der Waals surface area contributed by atoms with Crippen LogP contribution in [0.25, 0.3) is 11.0 Å². The molecule has 0 radical (unpaired) electrons. The van der Waals surface area contributed by atoms with Crippen LogP contribution >= 0.6 is 11.6 Å². The van der Waals surface area contributed by atoms with Gasteiger partial charge in [-0.3, -0.25) is 9.78 Å². The SMILES string of the molecule is CC[C@@H](NC(=O)c1ccc2c(c1)ncn2Cc1ccc(Cl)cn1)c1ccccc1. The zero-order valence-corrected chi connectivity index (χ0v) is 16.8. The Morgan fingerprint density at radius 2 is 1.93 bits per heavy atom. The maximum Gasteiger partial charge on any atom is 0.251 e. The Hall–Kier alpha value is -3.18. The number of pyridine rings is 1. The highest BCUT2D eigenvalue weighted by Crippen LogP contribution is 2.20. The first kappa shape index (κ1) is 19.2. The third-order valence-corrected chi connectivity index (χ3v) is 5.14. The highest BCUT2D eigenvalue weighted by molar-refractivity contribution is 6.30. The fourth-order valence-corrected chi connectivity index (χ4v) is 3.47.